The highest BCUT2D eigenvalue weighted by molar-refractivity contribution is 5.98. The molecule has 4 bridgehead atoms. The Morgan fingerprint density at radius 1 is 1.32 bits per heavy atom. The van der Waals surface area contributed by atoms with Crippen LogP contribution in [-0.4, -0.2) is 39.6 Å². The van der Waals surface area contributed by atoms with Gasteiger partial charge in [0, 0.05) is 11.8 Å². The van der Waals surface area contributed by atoms with Crippen LogP contribution >= 0.6 is 0 Å². The maximum absolute atomic E-state index is 12.7. The molecule has 2 N–H and O–H groups in total. The van der Waals surface area contributed by atoms with Gasteiger partial charge in [0.05, 0.1) is 11.5 Å². The van der Waals surface area contributed by atoms with Gasteiger partial charge in [-0.15, -0.1) is 0 Å². The van der Waals surface area contributed by atoms with E-state index in [9.17, 15) is 24.6 Å². The van der Waals surface area contributed by atoms with Gasteiger partial charge in [0.15, 0.2) is 0 Å². The summed E-state index contributed by atoms with van der Waals surface area (Å²) in [6.07, 6.45) is 4.23. The number of esters is 1. The number of hydrogen-bond acceptors (Lipinski definition) is 5. The molecule has 4 aliphatic carbocycles. The monoisotopic (exact) mass is 346 g/mol. The molecule has 5 aliphatic rings. The molecule has 0 amide bonds. The predicted molar refractivity (Wildman–Crippen MR) is 84.3 cm³/mol. The normalized spacial score (nSPS) is 55.5. The van der Waals surface area contributed by atoms with E-state index >= 15 is 0 Å². The van der Waals surface area contributed by atoms with Gasteiger partial charge in [0.25, 0.3) is 0 Å². The standard InChI is InChI=1S/C19H22O6/c1-10-7-17-8-18(10,24)6-3-11(17)19-5-2-4-16(9-20,15(23)25-19)13(19)12(17)14(21)22/h9,11-13,24H,1-8H2,(H,21,22)/t11-,12-,13-,16+,17+,18+,19-/m1/s1. The van der Waals surface area contributed by atoms with E-state index in [1.165, 1.54) is 0 Å². The molecule has 0 unspecified atom stereocenters. The zero-order valence-corrected chi connectivity index (χ0v) is 14.0. The molecule has 1 saturated heterocycles. The van der Waals surface area contributed by atoms with Gasteiger partial charge < -0.3 is 19.7 Å². The van der Waals surface area contributed by atoms with E-state index in [0.29, 0.717) is 56.8 Å². The number of carbonyl (C=O) groups excluding carboxylic acids is 2. The third kappa shape index (κ3) is 1.39. The number of aldehydes is 1. The highest BCUT2D eigenvalue weighted by Crippen LogP contribution is 2.78. The second-order valence-electron chi connectivity index (χ2n) is 8.96. The highest BCUT2D eigenvalue weighted by Gasteiger charge is 2.83. The maximum atomic E-state index is 12.7. The van der Waals surface area contributed by atoms with Gasteiger partial charge in [0.1, 0.15) is 17.3 Å². The smallest absolute Gasteiger partial charge is 0.320 e. The van der Waals surface area contributed by atoms with Crippen molar-refractivity contribution in [2.24, 2.45) is 28.6 Å². The van der Waals surface area contributed by atoms with E-state index in [2.05, 4.69) is 6.58 Å². The highest BCUT2D eigenvalue weighted by atomic mass is 16.6. The van der Waals surface area contributed by atoms with Gasteiger partial charge >= 0.3 is 11.9 Å². The van der Waals surface area contributed by atoms with E-state index in [4.69, 9.17) is 4.74 Å². The first-order chi connectivity index (χ1) is 11.8. The number of fused-ring (bicyclic) bond motifs is 1. The van der Waals surface area contributed by atoms with Crippen LogP contribution in [-0.2, 0) is 19.1 Å². The van der Waals surface area contributed by atoms with Crippen molar-refractivity contribution in [3.05, 3.63) is 12.2 Å². The summed E-state index contributed by atoms with van der Waals surface area (Å²) in [5.41, 5.74) is -3.20. The molecular formula is C19H22O6. The average molecular weight is 346 g/mol. The SMILES string of the molecule is C=C1C[C@]23C[C@@]1(O)CC[C@H]2[C@@]12CCC[C@@](C=O)(C(=O)O1)[C@H]2[C@@H]3C(=O)O. The van der Waals surface area contributed by atoms with Crippen LogP contribution in [0.3, 0.4) is 0 Å². The van der Waals surface area contributed by atoms with Gasteiger partial charge in [0.2, 0.25) is 0 Å². The molecule has 7 atom stereocenters. The fraction of sp³-hybridized carbons (Fsp3) is 0.737. The van der Waals surface area contributed by atoms with Crippen LogP contribution in [0.15, 0.2) is 12.2 Å². The summed E-state index contributed by atoms with van der Waals surface area (Å²) < 4.78 is 5.91. The zero-order chi connectivity index (χ0) is 17.8. The Balaban J connectivity index is 1.77. The number of carboxylic acid groups (broad SMARTS) is 1. The lowest BCUT2D eigenvalue weighted by atomic mass is 9.60. The predicted octanol–water partition coefficient (Wildman–Crippen LogP) is 1.46. The van der Waals surface area contributed by atoms with Gasteiger partial charge in [-0.3, -0.25) is 9.59 Å². The van der Waals surface area contributed by atoms with Crippen molar-refractivity contribution in [3.63, 3.8) is 0 Å². The number of rotatable bonds is 2. The molecule has 0 radical (unpaired) electrons. The van der Waals surface area contributed by atoms with Crippen LogP contribution in [0.4, 0.5) is 0 Å². The lowest BCUT2D eigenvalue weighted by Gasteiger charge is -2.45. The summed E-state index contributed by atoms with van der Waals surface area (Å²) in [5.74, 6) is -3.14. The third-order valence-electron chi connectivity index (χ3n) is 8.28. The summed E-state index contributed by atoms with van der Waals surface area (Å²) in [6.45, 7) is 4.03. The molecule has 4 saturated carbocycles. The molecule has 6 nitrogen and oxygen atoms in total. The van der Waals surface area contributed by atoms with Crippen molar-refractivity contribution in [1.29, 1.82) is 0 Å². The Labute approximate surface area is 145 Å². The first-order valence-electron chi connectivity index (χ1n) is 9.09. The van der Waals surface area contributed by atoms with Gasteiger partial charge in [-0.05, 0) is 55.9 Å². The quantitative estimate of drug-likeness (QED) is 0.340. The van der Waals surface area contributed by atoms with Crippen LogP contribution in [0.2, 0.25) is 0 Å². The number of aliphatic hydroxyl groups is 1. The second-order valence-corrected chi connectivity index (χ2v) is 8.96. The molecule has 1 aliphatic heterocycles. The fourth-order valence-corrected chi connectivity index (χ4v) is 7.60. The van der Waals surface area contributed by atoms with E-state index in [1.807, 2.05) is 0 Å². The van der Waals surface area contributed by atoms with E-state index in [-0.39, 0.29) is 5.92 Å². The van der Waals surface area contributed by atoms with E-state index in [0.717, 1.165) is 0 Å². The summed E-state index contributed by atoms with van der Waals surface area (Å²) in [5, 5.41) is 21.1. The molecule has 5 rings (SSSR count). The molecule has 5 fully saturated rings. The number of aliphatic carboxylic acids is 1. The average Bonchev–Trinajstić information content (AvgIpc) is 2.95. The molecule has 0 aromatic rings. The molecule has 6 heteroatoms. The van der Waals surface area contributed by atoms with Gasteiger partial charge in [-0.2, -0.15) is 0 Å². The Hall–Kier alpha value is -1.69. The molecule has 1 heterocycles. The van der Waals surface area contributed by atoms with Crippen LogP contribution in [0.1, 0.15) is 44.9 Å². The van der Waals surface area contributed by atoms with Gasteiger partial charge in [-0.1, -0.05) is 6.58 Å². The molecular weight excluding hydrogens is 324 g/mol. The molecule has 134 valence electrons. The van der Waals surface area contributed by atoms with Crippen LogP contribution in [0.25, 0.3) is 0 Å². The zero-order valence-electron chi connectivity index (χ0n) is 14.0. The minimum atomic E-state index is -1.34. The van der Waals surface area contributed by atoms with Crippen LogP contribution in [0.5, 0.6) is 0 Å². The topological polar surface area (TPSA) is 101 Å². The van der Waals surface area contributed by atoms with Crippen molar-refractivity contribution in [1.82, 2.24) is 0 Å². The van der Waals surface area contributed by atoms with Crippen molar-refractivity contribution < 1.29 is 29.3 Å². The largest absolute Gasteiger partial charge is 0.481 e. The van der Waals surface area contributed by atoms with E-state index < -0.39 is 45.8 Å². The second kappa shape index (κ2) is 4.17. The molecule has 0 aromatic carbocycles. The number of hydrogen-bond donors (Lipinski definition) is 2. The van der Waals surface area contributed by atoms with E-state index in [1.54, 1.807) is 0 Å². The number of ether oxygens (including phenoxy) is 1. The number of carboxylic acids is 1. The lowest BCUT2D eigenvalue weighted by molar-refractivity contribution is -0.163. The Bertz CT molecular complexity index is 744. The first kappa shape index (κ1) is 15.6. The Kier molecular flexibility index (Phi) is 2.59. The summed E-state index contributed by atoms with van der Waals surface area (Å²) in [7, 11) is 0. The number of carbonyl (C=O) groups is 3. The first-order valence-corrected chi connectivity index (χ1v) is 9.09. The minimum Gasteiger partial charge on any atom is -0.481 e. The van der Waals surface area contributed by atoms with Crippen molar-refractivity contribution in [2.75, 3.05) is 0 Å². The molecule has 0 aromatic heterocycles. The third-order valence-corrected chi connectivity index (χ3v) is 8.28. The van der Waals surface area contributed by atoms with Gasteiger partial charge in [-0.25, -0.2) is 0 Å². The summed E-state index contributed by atoms with van der Waals surface area (Å²) >= 11 is 0. The molecule has 1 spiro atoms. The summed E-state index contributed by atoms with van der Waals surface area (Å²) in [4.78, 5) is 37.1. The maximum Gasteiger partial charge on any atom is 0.320 e. The molecule has 25 heavy (non-hydrogen) atoms. The minimum absolute atomic E-state index is 0.128. The summed E-state index contributed by atoms with van der Waals surface area (Å²) in [6, 6.07) is 0. The van der Waals surface area contributed by atoms with Crippen LogP contribution < -0.4 is 0 Å². The Morgan fingerprint density at radius 3 is 2.76 bits per heavy atom. The van der Waals surface area contributed by atoms with Crippen molar-refractivity contribution >= 4 is 18.2 Å². The van der Waals surface area contributed by atoms with Crippen LogP contribution in [0, 0.1) is 28.6 Å². The Morgan fingerprint density at radius 2 is 2.08 bits per heavy atom. The lowest BCUT2D eigenvalue weighted by Crippen LogP contribution is -2.49. The van der Waals surface area contributed by atoms with Crippen molar-refractivity contribution in [3.8, 4) is 0 Å². The fourth-order valence-electron chi connectivity index (χ4n) is 7.60. The van der Waals surface area contributed by atoms with Crippen molar-refractivity contribution in [2.45, 2.75) is 56.1 Å².